The standard InChI is InChI=1S/C14H15N3O3/c1-9(14(19)20)8-13(18)15-7-6-12-16-10-4-2-3-5-11(10)17-12/h2-5,8H,6-7H2,1H3,(H,15,18)(H,16,17)(H,19,20)/b9-8+. The highest BCUT2D eigenvalue weighted by Gasteiger charge is 2.05. The molecule has 1 amide bonds. The Kier molecular flexibility index (Phi) is 4.14. The van der Waals surface area contributed by atoms with E-state index in [-0.39, 0.29) is 5.57 Å². The van der Waals surface area contributed by atoms with Gasteiger partial charge in [-0.3, -0.25) is 4.79 Å². The van der Waals surface area contributed by atoms with Crippen molar-refractivity contribution in [3.05, 3.63) is 41.7 Å². The average Bonchev–Trinajstić information content (AvgIpc) is 2.81. The Morgan fingerprint density at radius 1 is 1.40 bits per heavy atom. The Morgan fingerprint density at radius 3 is 2.85 bits per heavy atom. The molecule has 0 spiro atoms. The van der Waals surface area contributed by atoms with Gasteiger partial charge in [0.25, 0.3) is 0 Å². The first-order valence-corrected chi connectivity index (χ1v) is 6.19. The molecule has 2 rings (SSSR count). The van der Waals surface area contributed by atoms with Crippen LogP contribution < -0.4 is 5.32 Å². The van der Waals surface area contributed by atoms with E-state index in [2.05, 4.69) is 15.3 Å². The second kappa shape index (κ2) is 6.01. The maximum Gasteiger partial charge on any atom is 0.331 e. The van der Waals surface area contributed by atoms with E-state index >= 15 is 0 Å². The maximum absolute atomic E-state index is 11.4. The topological polar surface area (TPSA) is 95.1 Å². The molecular weight excluding hydrogens is 258 g/mol. The molecule has 6 nitrogen and oxygen atoms in total. The van der Waals surface area contributed by atoms with Gasteiger partial charge >= 0.3 is 5.97 Å². The Morgan fingerprint density at radius 2 is 2.15 bits per heavy atom. The van der Waals surface area contributed by atoms with Crippen molar-refractivity contribution >= 4 is 22.9 Å². The van der Waals surface area contributed by atoms with Gasteiger partial charge in [-0.15, -0.1) is 0 Å². The number of aliphatic carboxylic acids is 1. The Labute approximate surface area is 115 Å². The largest absolute Gasteiger partial charge is 0.478 e. The molecule has 0 saturated heterocycles. The second-order valence-corrected chi connectivity index (χ2v) is 4.37. The van der Waals surface area contributed by atoms with Gasteiger partial charge < -0.3 is 15.4 Å². The number of nitrogens with zero attached hydrogens (tertiary/aromatic N) is 1. The van der Waals surface area contributed by atoms with Crippen LogP contribution in [0.5, 0.6) is 0 Å². The normalized spacial score (nSPS) is 11.6. The summed E-state index contributed by atoms with van der Waals surface area (Å²) in [5, 5.41) is 11.3. The van der Waals surface area contributed by atoms with Crippen molar-refractivity contribution in [1.29, 1.82) is 0 Å². The molecule has 0 saturated carbocycles. The fourth-order valence-electron chi connectivity index (χ4n) is 1.74. The van der Waals surface area contributed by atoms with E-state index in [0.29, 0.717) is 13.0 Å². The lowest BCUT2D eigenvalue weighted by molar-refractivity contribution is -0.133. The maximum atomic E-state index is 11.4. The molecule has 0 atom stereocenters. The number of aromatic amines is 1. The van der Waals surface area contributed by atoms with Gasteiger partial charge in [0.1, 0.15) is 5.82 Å². The van der Waals surface area contributed by atoms with Crippen molar-refractivity contribution in [2.24, 2.45) is 0 Å². The van der Waals surface area contributed by atoms with Crippen LogP contribution in [0.1, 0.15) is 12.7 Å². The number of amides is 1. The first-order chi connectivity index (χ1) is 9.56. The summed E-state index contributed by atoms with van der Waals surface area (Å²) in [6.45, 7) is 1.77. The zero-order valence-electron chi connectivity index (χ0n) is 11.0. The second-order valence-electron chi connectivity index (χ2n) is 4.37. The molecular formula is C14H15N3O3. The van der Waals surface area contributed by atoms with Gasteiger partial charge in [0.15, 0.2) is 0 Å². The van der Waals surface area contributed by atoms with Gasteiger partial charge in [-0.05, 0) is 19.1 Å². The van der Waals surface area contributed by atoms with Crippen molar-refractivity contribution in [2.45, 2.75) is 13.3 Å². The van der Waals surface area contributed by atoms with Crippen molar-refractivity contribution in [1.82, 2.24) is 15.3 Å². The summed E-state index contributed by atoms with van der Waals surface area (Å²) in [7, 11) is 0. The zero-order chi connectivity index (χ0) is 14.5. The van der Waals surface area contributed by atoms with Crippen molar-refractivity contribution in [2.75, 3.05) is 6.54 Å². The molecule has 20 heavy (non-hydrogen) atoms. The number of carboxylic acids is 1. The molecule has 1 heterocycles. The predicted octanol–water partition coefficient (Wildman–Crippen LogP) is 1.25. The lowest BCUT2D eigenvalue weighted by Gasteiger charge is -2.00. The number of rotatable bonds is 5. The van der Waals surface area contributed by atoms with E-state index in [4.69, 9.17) is 5.11 Å². The van der Waals surface area contributed by atoms with Crippen molar-refractivity contribution in [3.63, 3.8) is 0 Å². The van der Waals surface area contributed by atoms with E-state index in [1.165, 1.54) is 6.92 Å². The minimum atomic E-state index is -1.10. The Hall–Kier alpha value is -2.63. The summed E-state index contributed by atoms with van der Waals surface area (Å²) >= 11 is 0. The van der Waals surface area contributed by atoms with Gasteiger partial charge in [-0.25, -0.2) is 9.78 Å². The minimum Gasteiger partial charge on any atom is -0.478 e. The van der Waals surface area contributed by atoms with E-state index in [1.807, 2.05) is 24.3 Å². The summed E-state index contributed by atoms with van der Waals surface area (Å²) in [6, 6.07) is 7.68. The molecule has 1 aromatic carbocycles. The number of nitrogens with one attached hydrogen (secondary N) is 2. The molecule has 6 heteroatoms. The SMILES string of the molecule is C/C(=C\C(=O)NCCc1nc2ccccc2[nH]1)C(=O)O. The molecule has 1 aromatic heterocycles. The van der Waals surface area contributed by atoms with Crippen molar-refractivity contribution < 1.29 is 14.7 Å². The number of hydrogen-bond donors (Lipinski definition) is 3. The Balaban J connectivity index is 1.88. The summed E-state index contributed by atoms with van der Waals surface area (Å²) in [5.74, 6) is -0.733. The van der Waals surface area contributed by atoms with E-state index in [1.54, 1.807) is 0 Å². The van der Waals surface area contributed by atoms with Crippen LogP contribution in [0.15, 0.2) is 35.9 Å². The third kappa shape index (κ3) is 3.44. The van der Waals surface area contributed by atoms with Gasteiger partial charge in [0.2, 0.25) is 5.91 Å². The Bertz CT molecular complexity index is 640. The molecule has 0 aliphatic rings. The number of aromatic nitrogens is 2. The number of carboxylic acid groups (broad SMARTS) is 1. The fraction of sp³-hybridized carbons (Fsp3) is 0.214. The number of para-hydroxylation sites is 2. The van der Waals surface area contributed by atoms with Crippen LogP contribution in [0, 0.1) is 0 Å². The summed E-state index contributed by atoms with van der Waals surface area (Å²) < 4.78 is 0. The number of hydrogen-bond acceptors (Lipinski definition) is 3. The molecule has 0 fully saturated rings. The summed E-state index contributed by atoms with van der Waals surface area (Å²) in [5.41, 5.74) is 1.84. The van der Waals surface area contributed by atoms with Crippen LogP contribution in [0.2, 0.25) is 0 Å². The third-order valence-electron chi connectivity index (χ3n) is 2.78. The van der Waals surface area contributed by atoms with Crippen LogP contribution in [0.3, 0.4) is 0 Å². The quantitative estimate of drug-likeness (QED) is 0.714. The van der Waals surface area contributed by atoms with Crippen LogP contribution in [0.25, 0.3) is 11.0 Å². The number of benzene rings is 1. The average molecular weight is 273 g/mol. The van der Waals surface area contributed by atoms with E-state index in [9.17, 15) is 9.59 Å². The fourth-order valence-corrected chi connectivity index (χ4v) is 1.74. The van der Waals surface area contributed by atoms with Gasteiger partial charge in [-0.1, -0.05) is 12.1 Å². The highest BCUT2D eigenvalue weighted by atomic mass is 16.4. The molecule has 104 valence electrons. The van der Waals surface area contributed by atoms with Crippen LogP contribution in [-0.2, 0) is 16.0 Å². The monoisotopic (exact) mass is 273 g/mol. The molecule has 0 bridgehead atoms. The summed E-state index contributed by atoms with van der Waals surface area (Å²) in [4.78, 5) is 29.5. The van der Waals surface area contributed by atoms with Gasteiger partial charge in [-0.2, -0.15) is 0 Å². The number of carbonyl (C=O) groups is 2. The molecule has 0 radical (unpaired) electrons. The number of fused-ring (bicyclic) bond motifs is 1. The van der Waals surface area contributed by atoms with Crippen molar-refractivity contribution in [3.8, 4) is 0 Å². The molecule has 0 aliphatic carbocycles. The van der Waals surface area contributed by atoms with Crippen LogP contribution in [0.4, 0.5) is 0 Å². The number of carbonyl (C=O) groups excluding carboxylic acids is 1. The van der Waals surface area contributed by atoms with Crippen LogP contribution >= 0.6 is 0 Å². The van der Waals surface area contributed by atoms with E-state index in [0.717, 1.165) is 22.9 Å². The molecule has 3 N–H and O–H groups in total. The minimum absolute atomic E-state index is 0.00578. The first kappa shape index (κ1) is 13.8. The third-order valence-corrected chi connectivity index (χ3v) is 2.78. The van der Waals surface area contributed by atoms with Gasteiger partial charge in [0.05, 0.1) is 11.0 Å². The van der Waals surface area contributed by atoms with Gasteiger partial charge in [0, 0.05) is 24.6 Å². The number of imidazole rings is 1. The highest BCUT2D eigenvalue weighted by molar-refractivity contribution is 5.97. The van der Waals surface area contributed by atoms with E-state index < -0.39 is 11.9 Å². The lowest BCUT2D eigenvalue weighted by Crippen LogP contribution is -2.24. The molecule has 2 aromatic rings. The lowest BCUT2D eigenvalue weighted by atomic mass is 10.3. The molecule has 0 aliphatic heterocycles. The highest BCUT2D eigenvalue weighted by Crippen LogP contribution is 2.10. The first-order valence-electron chi connectivity index (χ1n) is 6.19. The summed E-state index contributed by atoms with van der Waals surface area (Å²) in [6.07, 6.45) is 1.63. The zero-order valence-corrected chi connectivity index (χ0v) is 11.0. The molecule has 0 unspecified atom stereocenters. The number of H-pyrrole nitrogens is 1. The van der Waals surface area contributed by atoms with Crippen LogP contribution in [-0.4, -0.2) is 33.5 Å². The predicted molar refractivity (Wildman–Crippen MR) is 74.2 cm³/mol. The smallest absolute Gasteiger partial charge is 0.331 e.